The second-order valence-electron chi connectivity index (χ2n) is 12.0. The van der Waals surface area contributed by atoms with Crippen LogP contribution in [0.2, 0.25) is 0 Å². The first kappa shape index (κ1) is 27.1. The average Bonchev–Trinajstić information content (AvgIpc) is 3.62. The number of likely N-dealkylation sites (N-methyl/N-ethyl adjacent to an activating group) is 2. The van der Waals surface area contributed by atoms with Gasteiger partial charge in [0.1, 0.15) is 10.7 Å². The molecular weight excluding hydrogens is 579 g/mol. The van der Waals surface area contributed by atoms with Crippen LogP contribution >= 0.6 is 23.6 Å². The molecule has 1 saturated heterocycles. The Labute approximate surface area is 267 Å². The zero-order valence-corrected chi connectivity index (χ0v) is 26.9. The summed E-state index contributed by atoms with van der Waals surface area (Å²) in [4.78, 5) is 20.1. The van der Waals surface area contributed by atoms with Crippen molar-refractivity contribution in [2.24, 2.45) is 0 Å². The number of hydrogen-bond donors (Lipinski definition) is 0. The maximum Gasteiger partial charge on any atom is 0.276 e. The largest absolute Gasteiger partial charge is 0.317 e. The van der Waals surface area contributed by atoms with Crippen LogP contribution in [-0.4, -0.2) is 34.9 Å². The summed E-state index contributed by atoms with van der Waals surface area (Å²) in [6, 6.07) is 33.4. The zero-order chi connectivity index (χ0) is 30.5. The minimum Gasteiger partial charge on any atom is -0.317 e. The summed E-state index contributed by atoms with van der Waals surface area (Å²) in [5, 5.41) is 1.68. The Bertz CT molecular complexity index is 2040. The molecular formula is C38H31N3OS2. The predicted molar refractivity (Wildman–Crippen MR) is 185 cm³/mol. The molecule has 3 heterocycles. The molecule has 0 bridgehead atoms. The fraction of sp³-hybridized carbons (Fsp3) is 0.158. The van der Waals surface area contributed by atoms with Crippen LogP contribution in [0.5, 0.6) is 0 Å². The van der Waals surface area contributed by atoms with E-state index >= 15 is 0 Å². The van der Waals surface area contributed by atoms with Crippen molar-refractivity contribution >= 4 is 57.0 Å². The van der Waals surface area contributed by atoms with Gasteiger partial charge in [-0.15, -0.1) is 11.3 Å². The van der Waals surface area contributed by atoms with Gasteiger partial charge in [-0.2, -0.15) is 0 Å². The van der Waals surface area contributed by atoms with Crippen LogP contribution in [0.4, 0.5) is 16.4 Å². The first-order chi connectivity index (χ1) is 21.2. The van der Waals surface area contributed by atoms with E-state index in [1.54, 1.807) is 23.3 Å². The standard InChI is InChI=1S/C38H31N3OS2/c1-22-18-23(2)34(24(3)19-22)41-32-17-11-10-16-30(32)38(28-14-8-6-12-26(28)27-13-7-9-15-29(27)38)31-20-25(44-36(31)41)21-33-35(42)40(5)37(43)39(33)4/h6-21H,1-5H3/b33-21-. The van der Waals surface area contributed by atoms with Crippen LogP contribution in [0.1, 0.15) is 43.8 Å². The normalized spacial score (nSPS) is 16.9. The van der Waals surface area contributed by atoms with E-state index in [4.69, 9.17) is 12.2 Å². The summed E-state index contributed by atoms with van der Waals surface area (Å²) in [6.07, 6.45) is 2.01. The van der Waals surface area contributed by atoms with Gasteiger partial charge < -0.3 is 9.80 Å². The number of benzene rings is 4. The number of fused-ring (bicyclic) bond motifs is 9. The van der Waals surface area contributed by atoms with Crippen molar-refractivity contribution in [3.63, 3.8) is 0 Å². The first-order valence-electron chi connectivity index (χ1n) is 14.8. The number of aryl methyl sites for hydroxylation is 3. The van der Waals surface area contributed by atoms with Crippen LogP contribution in [-0.2, 0) is 10.2 Å². The molecule has 0 saturated carbocycles. The van der Waals surface area contributed by atoms with Gasteiger partial charge in [-0.1, -0.05) is 84.4 Å². The summed E-state index contributed by atoms with van der Waals surface area (Å²) in [5.74, 6) is -0.0829. The Hall–Kier alpha value is -4.52. The predicted octanol–water partition coefficient (Wildman–Crippen LogP) is 8.85. The summed E-state index contributed by atoms with van der Waals surface area (Å²) < 4.78 is 0. The number of carbonyl (C=O) groups is 1. The number of anilines is 3. The van der Waals surface area contributed by atoms with Crippen LogP contribution in [0, 0.1) is 20.8 Å². The number of carbonyl (C=O) groups excluding carboxylic acids is 1. The van der Waals surface area contributed by atoms with Crippen molar-refractivity contribution in [1.82, 2.24) is 9.80 Å². The molecule has 6 heteroatoms. The number of hydrogen-bond acceptors (Lipinski definition) is 4. The Morgan fingerprint density at radius 1 is 0.727 bits per heavy atom. The molecule has 0 radical (unpaired) electrons. The Morgan fingerprint density at radius 2 is 1.30 bits per heavy atom. The van der Waals surface area contributed by atoms with Crippen molar-refractivity contribution in [2.45, 2.75) is 26.2 Å². The van der Waals surface area contributed by atoms with E-state index < -0.39 is 5.41 Å². The van der Waals surface area contributed by atoms with Gasteiger partial charge in [0.05, 0.1) is 16.8 Å². The number of thiophene rings is 1. The lowest BCUT2D eigenvalue weighted by atomic mass is 9.66. The molecule has 1 aliphatic carbocycles. The van der Waals surface area contributed by atoms with Crippen molar-refractivity contribution < 1.29 is 4.79 Å². The van der Waals surface area contributed by atoms with Crippen molar-refractivity contribution in [3.05, 3.63) is 141 Å². The summed E-state index contributed by atoms with van der Waals surface area (Å²) in [5.41, 5.74) is 13.8. The van der Waals surface area contributed by atoms with Gasteiger partial charge in [-0.05, 0) is 90.1 Å². The third-order valence-corrected chi connectivity index (χ3v) is 11.1. The van der Waals surface area contributed by atoms with Gasteiger partial charge >= 0.3 is 0 Å². The third kappa shape index (κ3) is 3.44. The highest BCUT2D eigenvalue weighted by Crippen LogP contribution is 2.65. The van der Waals surface area contributed by atoms with Crippen LogP contribution in [0.3, 0.4) is 0 Å². The van der Waals surface area contributed by atoms with E-state index in [0.717, 1.165) is 4.88 Å². The molecule has 3 aliphatic rings. The van der Waals surface area contributed by atoms with Crippen LogP contribution in [0.15, 0.2) is 96.7 Å². The lowest BCUT2D eigenvalue weighted by Gasteiger charge is -2.44. The van der Waals surface area contributed by atoms with Crippen molar-refractivity contribution in [3.8, 4) is 11.1 Å². The fourth-order valence-corrected chi connectivity index (χ4v) is 9.09. The molecule has 1 aromatic heterocycles. The van der Waals surface area contributed by atoms with Crippen molar-refractivity contribution in [2.75, 3.05) is 19.0 Å². The molecule has 44 heavy (non-hydrogen) atoms. The maximum atomic E-state index is 13.3. The Kier molecular flexibility index (Phi) is 5.83. The first-order valence-corrected chi connectivity index (χ1v) is 16.0. The van der Waals surface area contributed by atoms with E-state index in [1.165, 1.54) is 66.4 Å². The highest BCUT2D eigenvalue weighted by molar-refractivity contribution is 7.80. The lowest BCUT2D eigenvalue weighted by Crippen LogP contribution is -2.35. The van der Waals surface area contributed by atoms with Gasteiger partial charge in [0.2, 0.25) is 0 Å². The Morgan fingerprint density at radius 3 is 1.89 bits per heavy atom. The monoisotopic (exact) mass is 609 g/mol. The van der Waals surface area contributed by atoms with Gasteiger partial charge in [0.15, 0.2) is 5.11 Å². The molecule has 0 N–H and O–H groups in total. The number of amides is 1. The molecule has 5 aromatic rings. The molecule has 0 atom stereocenters. The molecule has 2 aliphatic heterocycles. The second kappa shape index (κ2) is 9.49. The molecule has 1 amide bonds. The van der Waals surface area contributed by atoms with Gasteiger partial charge in [-0.25, -0.2) is 0 Å². The van der Waals surface area contributed by atoms with E-state index in [9.17, 15) is 4.79 Å². The van der Waals surface area contributed by atoms with E-state index in [1.807, 2.05) is 18.0 Å². The number of nitrogens with zero attached hydrogens (tertiary/aromatic N) is 3. The van der Waals surface area contributed by atoms with E-state index in [0.29, 0.717) is 10.8 Å². The lowest BCUT2D eigenvalue weighted by molar-refractivity contribution is -0.121. The van der Waals surface area contributed by atoms with E-state index in [-0.39, 0.29) is 5.91 Å². The molecule has 0 unspecified atom stereocenters. The molecule has 1 spiro atoms. The highest BCUT2D eigenvalue weighted by atomic mass is 32.1. The minimum atomic E-state index is -0.507. The summed E-state index contributed by atoms with van der Waals surface area (Å²) in [6.45, 7) is 6.58. The smallest absolute Gasteiger partial charge is 0.276 e. The van der Waals surface area contributed by atoms with E-state index in [2.05, 4.69) is 117 Å². The topological polar surface area (TPSA) is 26.8 Å². The van der Waals surface area contributed by atoms with Gasteiger partial charge in [0, 0.05) is 24.5 Å². The number of rotatable bonds is 2. The molecule has 8 rings (SSSR count). The third-order valence-electron chi connectivity index (χ3n) is 9.44. The van der Waals surface area contributed by atoms with Crippen LogP contribution in [0.25, 0.3) is 17.2 Å². The highest BCUT2D eigenvalue weighted by Gasteiger charge is 2.52. The molecule has 4 nitrogen and oxygen atoms in total. The van der Waals surface area contributed by atoms with Gasteiger partial charge in [0.25, 0.3) is 5.91 Å². The SMILES string of the molecule is Cc1cc(C)c(N2c3ccccc3C3(c4ccccc4-c4ccccc43)c3cc(/C=C4/C(=O)N(C)C(=S)N4C)sc32)c(C)c1. The Balaban J connectivity index is 1.50. The summed E-state index contributed by atoms with van der Waals surface area (Å²) >= 11 is 7.28. The van der Waals surface area contributed by atoms with Crippen LogP contribution < -0.4 is 4.90 Å². The number of thiocarbonyl (C=S) groups is 1. The zero-order valence-electron chi connectivity index (χ0n) is 25.3. The summed E-state index contributed by atoms with van der Waals surface area (Å²) in [7, 11) is 3.61. The quantitative estimate of drug-likeness (QED) is 0.145. The molecule has 4 aromatic carbocycles. The minimum absolute atomic E-state index is 0.0829. The number of para-hydroxylation sites is 1. The molecule has 216 valence electrons. The maximum absolute atomic E-state index is 13.3. The average molecular weight is 610 g/mol. The molecule has 1 fully saturated rings. The second-order valence-corrected chi connectivity index (χ2v) is 13.5. The van der Waals surface area contributed by atoms with Gasteiger partial charge in [-0.3, -0.25) is 9.69 Å². The fourth-order valence-electron chi connectivity index (χ4n) is 7.73. The van der Waals surface area contributed by atoms with Crippen molar-refractivity contribution in [1.29, 1.82) is 0 Å².